The second-order valence-electron chi connectivity index (χ2n) is 6.09. The maximum Gasteiger partial charge on any atom is 0.490 e. The summed E-state index contributed by atoms with van der Waals surface area (Å²) >= 11 is 0. The average Bonchev–Trinajstić information content (AvgIpc) is 3.12. The van der Waals surface area contributed by atoms with E-state index in [1.807, 2.05) is 0 Å². The van der Waals surface area contributed by atoms with Crippen molar-refractivity contribution in [2.45, 2.75) is 24.6 Å². The number of hydrogen-bond acceptors (Lipinski definition) is 12. The molecule has 2 unspecified atom stereocenters. The average molecular weight is 527 g/mol. The molecule has 0 bridgehead atoms. The largest absolute Gasteiger partial charge is 0.490 e. The number of aliphatic hydroxyl groups excluding tert-OH is 1. The van der Waals surface area contributed by atoms with E-state index in [0.717, 1.165) is 10.9 Å². The standard InChI is InChI=1S/C10H14F2N5O12P3/c11-4-6(18)3(1-26-31(22,23)29-32(24,25)28-30(19,20)21)27-9(4)17-2-14-5-7(13)15-10(12)16-8(5)17/h2-4,6,9,18H,1H2,(H,22,23)(H,24,25)(H2,13,15,16)(H2,19,20,21)/t3-,4-,6+,9-/m1/s1. The first-order valence-electron chi connectivity index (χ1n) is 8.00. The van der Waals surface area contributed by atoms with Crippen LogP contribution in [0.1, 0.15) is 6.23 Å². The lowest BCUT2D eigenvalue weighted by atomic mass is 10.1. The molecule has 1 aliphatic heterocycles. The second kappa shape index (κ2) is 8.72. The summed E-state index contributed by atoms with van der Waals surface area (Å²) in [6, 6.07) is 0. The molecule has 2 aromatic heterocycles. The van der Waals surface area contributed by atoms with Gasteiger partial charge in [-0.3, -0.25) is 9.09 Å². The van der Waals surface area contributed by atoms with Crippen LogP contribution in [-0.2, 0) is 31.6 Å². The molecule has 0 aromatic carbocycles. The van der Waals surface area contributed by atoms with Crippen LogP contribution in [0.25, 0.3) is 11.2 Å². The SMILES string of the molecule is Nc1nc(F)nc2c1ncn2[C@@H]1O[C@H](COP(=O)(O)OP(=O)(O)OP(=O)(O)O)[C@H](O)[C@H]1F. The van der Waals surface area contributed by atoms with Gasteiger partial charge in [-0.1, -0.05) is 0 Å². The van der Waals surface area contributed by atoms with E-state index in [9.17, 15) is 32.5 Å². The third kappa shape index (κ3) is 5.72. The van der Waals surface area contributed by atoms with E-state index < -0.39 is 60.8 Å². The number of phosphoric acid groups is 3. The number of nitrogen functional groups attached to an aromatic ring is 1. The number of phosphoric ester groups is 1. The first-order chi connectivity index (χ1) is 14.6. The zero-order valence-corrected chi connectivity index (χ0v) is 17.8. The number of aromatic nitrogens is 4. The fourth-order valence-corrected chi connectivity index (χ4v) is 5.66. The highest BCUT2D eigenvalue weighted by Crippen LogP contribution is 2.66. The minimum Gasteiger partial charge on any atom is -0.387 e. The van der Waals surface area contributed by atoms with Crippen LogP contribution in [0.4, 0.5) is 14.6 Å². The van der Waals surface area contributed by atoms with Gasteiger partial charge in [-0.2, -0.15) is 23.0 Å². The van der Waals surface area contributed by atoms with Gasteiger partial charge in [0.1, 0.15) is 12.2 Å². The first-order valence-corrected chi connectivity index (χ1v) is 12.5. The number of fused-ring (bicyclic) bond motifs is 1. The summed E-state index contributed by atoms with van der Waals surface area (Å²) in [5.74, 6) is -0.357. The van der Waals surface area contributed by atoms with Crippen molar-refractivity contribution in [1.29, 1.82) is 0 Å². The van der Waals surface area contributed by atoms with Gasteiger partial charge in [0.25, 0.3) is 0 Å². The van der Waals surface area contributed by atoms with E-state index in [0.29, 0.717) is 0 Å². The highest BCUT2D eigenvalue weighted by molar-refractivity contribution is 7.66. The third-order valence-corrected chi connectivity index (χ3v) is 7.61. The number of anilines is 1. The highest BCUT2D eigenvalue weighted by atomic mass is 31.3. The molecule has 32 heavy (non-hydrogen) atoms. The Hall–Kier alpha value is -1.46. The van der Waals surface area contributed by atoms with E-state index in [4.69, 9.17) is 25.2 Å². The predicted molar refractivity (Wildman–Crippen MR) is 94.3 cm³/mol. The number of hydrogen-bond donors (Lipinski definition) is 6. The van der Waals surface area contributed by atoms with Crippen molar-refractivity contribution >= 4 is 40.4 Å². The van der Waals surface area contributed by atoms with Crippen LogP contribution in [0.3, 0.4) is 0 Å². The molecule has 1 aliphatic rings. The molecule has 180 valence electrons. The van der Waals surface area contributed by atoms with Gasteiger partial charge in [0.15, 0.2) is 29.4 Å². The Balaban J connectivity index is 1.72. The molecule has 0 saturated carbocycles. The predicted octanol–water partition coefficient (Wildman–Crippen LogP) is -0.513. The van der Waals surface area contributed by atoms with Crippen LogP contribution in [0.15, 0.2) is 6.33 Å². The van der Waals surface area contributed by atoms with E-state index in [1.54, 1.807) is 0 Å². The van der Waals surface area contributed by atoms with Gasteiger partial charge >= 0.3 is 29.5 Å². The van der Waals surface area contributed by atoms with Gasteiger partial charge in [0, 0.05) is 0 Å². The molecule has 0 amide bonds. The Labute approximate surface area is 175 Å². The van der Waals surface area contributed by atoms with Crippen LogP contribution >= 0.6 is 23.5 Å². The molecule has 1 saturated heterocycles. The molecule has 6 atom stereocenters. The molecule has 17 nitrogen and oxygen atoms in total. The molecule has 22 heteroatoms. The summed E-state index contributed by atoms with van der Waals surface area (Å²) in [6.07, 6.45) is -7.87. The summed E-state index contributed by atoms with van der Waals surface area (Å²) in [5, 5.41) is 10.0. The molecule has 3 heterocycles. The van der Waals surface area contributed by atoms with E-state index in [2.05, 4.69) is 28.1 Å². The lowest BCUT2D eigenvalue weighted by Gasteiger charge is -2.19. The van der Waals surface area contributed by atoms with E-state index >= 15 is 0 Å². The van der Waals surface area contributed by atoms with Gasteiger partial charge < -0.3 is 35.2 Å². The van der Waals surface area contributed by atoms with Crippen molar-refractivity contribution in [1.82, 2.24) is 19.5 Å². The Bertz CT molecular complexity index is 1160. The van der Waals surface area contributed by atoms with Crippen molar-refractivity contribution in [2.24, 2.45) is 0 Å². The quantitative estimate of drug-likeness (QED) is 0.186. The molecule has 7 N–H and O–H groups in total. The molecule has 1 fully saturated rings. The highest BCUT2D eigenvalue weighted by Gasteiger charge is 2.48. The van der Waals surface area contributed by atoms with Crippen LogP contribution < -0.4 is 5.73 Å². The van der Waals surface area contributed by atoms with Crippen LogP contribution in [0, 0.1) is 6.08 Å². The summed E-state index contributed by atoms with van der Waals surface area (Å²) in [7, 11) is -16.9. The maximum atomic E-state index is 14.6. The van der Waals surface area contributed by atoms with Crippen molar-refractivity contribution in [2.75, 3.05) is 12.3 Å². The zero-order chi connectivity index (χ0) is 24.1. The molecular formula is C10H14F2N5O12P3. The van der Waals surface area contributed by atoms with Crippen molar-refractivity contribution in [3.05, 3.63) is 12.4 Å². The normalized spacial score (nSPS) is 28.0. The summed E-state index contributed by atoms with van der Waals surface area (Å²) in [4.78, 5) is 45.9. The van der Waals surface area contributed by atoms with Crippen LogP contribution in [0.5, 0.6) is 0 Å². The van der Waals surface area contributed by atoms with Crippen molar-refractivity contribution in [3.8, 4) is 0 Å². The molecule has 3 rings (SSSR count). The van der Waals surface area contributed by atoms with Gasteiger partial charge in [0.2, 0.25) is 0 Å². The number of imidazole rings is 1. The molecule has 0 radical (unpaired) electrons. The second-order valence-corrected chi connectivity index (χ2v) is 10.5. The van der Waals surface area contributed by atoms with Gasteiger partial charge in [-0.05, 0) is 0 Å². The number of alkyl halides is 1. The number of ether oxygens (including phenoxy) is 1. The Kier molecular flexibility index (Phi) is 6.86. The van der Waals surface area contributed by atoms with Crippen molar-refractivity contribution < 1.29 is 65.0 Å². The molecular weight excluding hydrogens is 513 g/mol. The zero-order valence-electron chi connectivity index (χ0n) is 15.2. The van der Waals surface area contributed by atoms with Crippen LogP contribution in [-0.4, -0.2) is 69.2 Å². The number of nitrogens with two attached hydrogens (primary N) is 1. The van der Waals surface area contributed by atoms with Crippen LogP contribution in [0.2, 0.25) is 0 Å². The molecule has 2 aromatic rings. The Morgan fingerprint density at radius 3 is 2.44 bits per heavy atom. The fraction of sp³-hybridized carbons (Fsp3) is 0.500. The monoisotopic (exact) mass is 527 g/mol. The third-order valence-electron chi connectivity index (χ3n) is 3.81. The molecule has 0 aliphatic carbocycles. The smallest absolute Gasteiger partial charge is 0.387 e. The van der Waals surface area contributed by atoms with Crippen molar-refractivity contribution in [3.63, 3.8) is 0 Å². The minimum absolute atomic E-state index is 0.103. The molecule has 0 spiro atoms. The lowest BCUT2D eigenvalue weighted by molar-refractivity contribution is -0.0451. The minimum atomic E-state index is -5.77. The summed E-state index contributed by atoms with van der Waals surface area (Å²) in [6.45, 7) is -1.11. The fourth-order valence-electron chi connectivity index (χ4n) is 2.63. The number of nitrogens with zero attached hydrogens (tertiary/aromatic N) is 4. The Morgan fingerprint density at radius 2 is 1.81 bits per heavy atom. The lowest BCUT2D eigenvalue weighted by Crippen LogP contribution is -2.31. The van der Waals surface area contributed by atoms with Gasteiger partial charge in [-0.15, -0.1) is 0 Å². The van der Waals surface area contributed by atoms with Gasteiger partial charge in [-0.25, -0.2) is 23.1 Å². The topological polar surface area (TPSA) is 259 Å². The van der Waals surface area contributed by atoms with E-state index in [1.165, 1.54) is 0 Å². The number of aliphatic hydroxyl groups is 1. The van der Waals surface area contributed by atoms with E-state index in [-0.39, 0.29) is 17.0 Å². The van der Waals surface area contributed by atoms with Gasteiger partial charge in [0.05, 0.1) is 12.9 Å². The Morgan fingerprint density at radius 1 is 1.16 bits per heavy atom. The first kappa shape index (κ1) is 25.2. The summed E-state index contributed by atoms with van der Waals surface area (Å²) in [5.41, 5.74) is 5.10. The number of halogens is 2. The number of rotatable bonds is 8. The maximum absolute atomic E-state index is 14.6. The summed E-state index contributed by atoms with van der Waals surface area (Å²) < 4.78 is 79.1.